The van der Waals surface area contributed by atoms with E-state index in [1.165, 1.54) is 5.57 Å². The average Bonchev–Trinajstić information content (AvgIpc) is 2.94. The number of fused-ring (bicyclic) bond motifs is 1. The number of aliphatic hydroxyl groups excluding tert-OH is 1. The number of nitrogens with one attached hydrogen (secondary N) is 1. The van der Waals surface area contributed by atoms with Crippen molar-refractivity contribution in [3.05, 3.63) is 84.4 Å². The number of methoxy groups -OCH3 is 1. The van der Waals surface area contributed by atoms with E-state index in [0.717, 1.165) is 67.4 Å². The molecule has 5 rings (SSSR count). The summed E-state index contributed by atoms with van der Waals surface area (Å²) in [6.45, 7) is 2.45. The molecule has 0 radical (unpaired) electrons. The second-order valence-corrected chi connectivity index (χ2v) is 9.64. The van der Waals surface area contributed by atoms with Crippen molar-refractivity contribution in [3.8, 4) is 5.75 Å². The van der Waals surface area contributed by atoms with E-state index in [-0.39, 0.29) is 6.04 Å². The lowest BCUT2D eigenvalue weighted by Crippen LogP contribution is -2.47. The number of ether oxygens (including phenoxy) is 3. The molecule has 0 bridgehead atoms. The van der Waals surface area contributed by atoms with Crippen molar-refractivity contribution in [3.63, 3.8) is 0 Å². The van der Waals surface area contributed by atoms with Gasteiger partial charge in [0.1, 0.15) is 24.5 Å². The second kappa shape index (κ2) is 11.7. The van der Waals surface area contributed by atoms with Crippen molar-refractivity contribution >= 4 is 10.9 Å². The zero-order valence-electron chi connectivity index (χ0n) is 20.8. The van der Waals surface area contributed by atoms with Crippen LogP contribution in [0.4, 0.5) is 0 Å². The van der Waals surface area contributed by atoms with Crippen LogP contribution in [0.2, 0.25) is 0 Å². The maximum atomic E-state index is 11.1. The average molecular weight is 490 g/mol. The molecule has 2 aliphatic heterocycles. The summed E-state index contributed by atoms with van der Waals surface area (Å²) in [5.41, 5.74) is 3.18. The molecule has 7 nitrogen and oxygen atoms in total. The Morgan fingerprint density at radius 2 is 2.14 bits per heavy atom. The van der Waals surface area contributed by atoms with E-state index in [0.29, 0.717) is 18.3 Å². The van der Waals surface area contributed by atoms with Crippen LogP contribution >= 0.6 is 0 Å². The highest BCUT2D eigenvalue weighted by Gasteiger charge is 2.27. The van der Waals surface area contributed by atoms with Crippen LogP contribution in [0.3, 0.4) is 0 Å². The molecule has 36 heavy (non-hydrogen) atoms. The number of hydrogen-bond donors (Lipinski definition) is 2. The fraction of sp³-hybridized carbons (Fsp3) is 0.414. The van der Waals surface area contributed by atoms with Gasteiger partial charge in [-0.25, -0.2) is 0 Å². The van der Waals surface area contributed by atoms with Crippen molar-refractivity contribution in [1.82, 2.24) is 15.2 Å². The standard InChI is InChI=1S/C29H35N3O4/c1-34-23-17-25-24(8-5-9-26(25)30-18-23)28(33)19-32-12-10-22(11-13-32)31-27(29-20-35-14-15-36-29)16-21-6-3-2-4-7-21/h2-3,5-6,8-9,14-15,17-18,20,22,27-28,31,33H,4,7,10-13,16,19H2,1H3. The van der Waals surface area contributed by atoms with E-state index in [1.807, 2.05) is 24.3 Å². The third kappa shape index (κ3) is 5.98. The zero-order chi connectivity index (χ0) is 24.7. The van der Waals surface area contributed by atoms with Crippen molar-refractivity contribution in [2.75, 3.05) is 26.7 Å². The number of pyridine rings is 1. The van der Waals surface area contributed by atoms with Crippen LogP contribution in [0.1, 0.15) is 43.8 Å². The summed E-state index contributed by atoms with van der Waals surface area (Å²) in [5.74, 6) is 1.52. The predicted molar refractivity (Wildman–Crippen MR) is 140 cm³/mol. The molecule has 1 aromatic heterocycles. The van der Waals surface area contributed by atoms with Gasteiger partial charge < -0.3 is 29.5 Å². The lowest BCUT2D eigenvalue weighted by molar-refractivity contribution is 0.0928. The van der Waals surface area contributed by atoms with Gasteiger partial charge in [-0.3, -0.25) is 4.98 Å². The summed E-state index contributed by atoms with van der Waals surface area (Å²) in [7, 11) is 1.63. The van der Waals surface area contributed by atoms with Gasteiger partial charge in [0.2, 0.25) is 0 Å². The Kier molecular flexibility index (Phi) is 8.01. The molecule has 3 aliphatic rings. The van der Waals surface area contributed by atoms with E-state index < -0.39 is 6.10 Å². The van der Waals surface area contributed by atoms with E-state index in [1.54, 1.807) is 32.1 Å². The summed E-state index contributed by atoms with van der Waals surface area (Å²) in [5, 5.41) is 15.9. The Labute approximate surface area is 212 Å². The molecule has 7 heteroatoms. The van der Waals surface area contributed by atoms with Gasteiger partial charge in [0.25, 0.3) is 0 Å². The third-order valence-corrected chi connectivity index (χ3v) is 7.22. The van der Waals surface area contributed by atoms with Gasteiger partial charge in [-0.05, 0) is 62.9 Å². The summed E-state index contributed by atoms with van der Waals surface area (Å²) in [6, 6.07) is 8.31. The summed E-state index contributed by atoms with van der Waals surface area (Å²) in [6.07, 6.45) is 17.7. The minimum Gasteiger partial charge on any atom is -0.495 e. The maximum Gasteiger partial charge on any atom is 0.155 e. The molecule has 2 unspecified atom stereocenters. The van der Waals surface area contributed by atoms with Gasteiger partial charge in [0.15, 0.2) is 5.76 Å². The lowest BCUT2D eigenvalue weighted by Gasteiger charge is -2.36. The predicted octanol–water partition coefficient (Wildman–Crippen LogP) is 4.73. The van der Waals surface area contributed by atoms with E-state index >= 15 is 0 Å². The Morgan fingerprint density at radius 3 is 2.89 bits per heavy atom. The molecule has 0 saturated carbocycles. The first-order chi connectivity index (χ1) is 17.7. The molecule has 0 amide bonds. The van der Waals surface area contributed by atoms with Crippen LogP contribution in [0.25, 0.3) is 10.9 Å². The molecule has 2 aromatic rings. The smallest absolute Gasteiger partial charge is 0.155 e. The van der Waals surface area contributed by atoms with Crippen LogP contribution in [0.15, 0.2) is 78.8 Å². The summed E-state index contributed by atoms with van der Waals surface area (Å²) in [4.78, 5) is 6.81. The molecule has 0 spiro atoms. The fourth-order valence-electron chi connectivity index (χ4n) is 5.23. The van der Waals surface area contributed by atoms with Crippen LogP contribution in [-0.4, -0.2) is 53.8 Å². The van der Waals surface area contributed by atoms with E-state index in [2.05, 4.69) is 33.4 Å². The van der Waals surface area contributed by atoms with Crippen molar-refractivity contribution in [1.29, 1.82) is 0 Å². The fourth-order valence-corrected chi connectivity index (χ4v) is 5.23. The molecule has 1 fully saturated rings. The van der Waals surface area contributed by atoms with E-state index in [9.17, 15) is 5.11 Å². The Bertz CT molecular complexity index is 1160. The first-order valence-corrected chi connectivity index (χ1v) is 12.8. The molecule has 1 aliphatic carbocycles. The number of aromatic nitrogens is 1. The lowest BCUT2D eigenvalue weighted by atomic mass is 9.95. The second-order valence-electron chi connectivity index (χ2n) is 9.64. The molecule has 1 saturated heterocycles. The van der Waals surface area contributed by atoms with Gasteiger partial charge in [0, 0.05) is 18.0 Å². The number of benzene rings is 1. The number of nitrogens with zero attached hydrogens (tertiary/aromatic N) is 2. The number of hydrogen-bond acceptors (Lipinski definition) is 7. The van der Waals surface area contributed by atoms with E-state index in [4.69, 9.17) is 14.2 Å². The quantitative estimate of drug-likeness (QED) is 0.528. The van der Waals surface area contributed by atoms with Gasteiger partial charge >= 0.3 is 0 Å². The number of rotatable bonds is 9. The van der Waals surface area contributed by atoms with Crippen molar-refractivity contribution in [2.24, 2.45) is 0 Å². The monoisotopic (exact) mass is 489 g/mol. The third-order valence-electron chi connectivity index (χ3n) is 7.22. The zero-order valence-corrected chi connectivity index (χ0v) is 20.8. The minimum atomic E-state index is -0.587. The van der Waals surface area contributed by atoms with Crippen LogP contribution in [0.5, 0.6) is 5.75 Å². The highest BCUT2D eigenvalue weighted by atomic mass is 16.5. The van der Waals surface area contributed by atoms with Crippen LogP contribution in [-0.2, 0) is 9.47 Å². The maximum absolute atomic E-state index is 11.1. The van der Waals surface area contributed by atoms with Gasteiger partial charge in [-0.15, -0.1) is 0 Å². The number of piperidine rings is 1. The molecule has 190 valence electrons. The van der Waals surface area contributed by atoms with Crippen molar-refractivity contribution in [2.45, 2.75) is 50.3 Å². The molecule has 1 aromatic carbocycles. The molecular weight excluding hydrogens is 454 g/mol. The Balaban J connectivity index is 1.19. The van der Waals surface area contributed by atoms with Crippen molar-refractivity contribution < 1.29 is 19.3 Å². The summed E-state index contributed by atoms with van der Waals surface area (Å²) >= 11 is 0. The number of allylic oxidation sites excluding steroid dienone is 3. The highest BCUT2D eigenvalue weighted by molar-refractivity contribution is 5.83. The molecular formula is C29H35N3O4. The number of aliphatic hydroxyl groups is 1. The van der Waals surface area contributed by atoms with Gasteiger partial charge in [-0.2, -0.15) is 0 Å². The minimum absolute atomic E-state index is 0.0769. The molecule has 2 atom stereocenters. The summed E-state index contributed by atoms with van der Waals surface area (Å²) < 4.78 is 16.5. The van der Waals surface area contributed by atoms with Gasteiger partial charge in [0.05, 0.1) is 31.0 Å². The Hall–Kier alpha value is -3.13. The SMILES string of the molecule is COc1cnc2cccc(C(O)CN3CCC(NC(CC4=CC=CCC4)C4=COC=CO4)CC3)c2c1. The van der Waals surface area contributed by atoms with Gasteiger partial charge in [-0.1, -0.05) is 35.9 Å². The Morgan fingerprint density at radius 1 is 1.25 bits per heavy atom. The van der Waals surface area contributed by atoms with Crippen LogP contribution < -0.4 is 10.1 Å². The first kappa shape index (κ1) is 24.6. The first-order valence-electron chi connectivity index (χ1n) is 12.8. The molecule has 2 N–H and O–H groups in total. The van der Waals surface area contributed by atoms with Crippen LogP contribution in [0, 0.1) is 0 Å². The molecule has 3 heterocycles. The largest absolute Gasteiger partial charge is 0.495 e. The number of likely N-dealkylation sites (tertiary alicyclic amines) is 1. The highest BCUT2D eigenvalue weighted by Crippen LogP contribution is 2.28. The topological polar surface area (TPSA) is 76.1 Å². The normalized spacial score (nSPS) is 20.3. The number of β-amino-alcohol motifs (C(OH)–C–C–N with tert-alkyl or cyclic N) is 1.